The van der Waals surface area contributed by atoms with Crippen LogP contribution in [0.1, 0.15) is 25.0 Å². The van der Waals surface area contributed by atoms with Gasteiger partial charge in [0.25, 0.3) is 0 Å². The molecule has 13 rings (SSSR count). The highest BCUT2D eigenvalue weighted by molar-refractivity contribution is 6.24. The van der Waals surface area contributed by atoms with Crippen LogP contribution >= 0.6 is 0 Å². The number of para-hydroxylation sites is 1. The molecule has 0 radical (unpaired) electrons. The maximum atomic E-state index is 6.73. The molecule has 0 aliphatic heterocycles. The summed E-state index contributed by atoms with van der Waals surface area (Å²) in [7, 11) is 0. The Morgan fingerprint density at radius 2 is 1.05 bits per heavy atom. The third kappa shape index (κ3) is 4.54. The second-order valence-electron chi connectivity index (χ2n) is 16.5. The number of benzene rings is 9. The molecule has 0 saturated carbocycles. The van der Waals surface area contributed by atoms with E-state index in [-0.39, 0.29) is 5.41 Å². The van der Waals surface area contributed by atoms with Crippen LogP contribution in [0.5, 0.6) is 0 Å². The summed E-state index contributed by atoms with van der Waals surface area (Å²) in [6.45, 7) is 4.67. The molecule has 12 aromatic rings. The average Bonchev–Trinajstić information content (AvgIpc) is 3.93. The Labute approximate surface area is 339 Å². The van der Waals surface area contributed by atoms with Gasteiger partial charge in [-0.2, -0.15) is 0 Å². The first kappa shape index (κ1) is 32.5. The van der Waals surface area contributed by atoms with Crippen molar-refractivity contribution < 1.29 is 8.83 Å². The number of fused-ring (bicyclic) bond motifs is 16. The lowest BCUT2D eigenvalue weighted by Gasteiger charge is -2.22. The third-order valence-corrected chi connectivity index (χ3v) is 12.9. The number of hydrogen-bond acceptors (Lipinski definition) is 4. The van der Waals surface area contributed by atoms with E-state index in [1.165, 1.54) is 44.2 Å². The predicted octanol–water partition coefficient (Wildman–Crippen LogP) is 15.0. The van der Waals surface area contributed by atoms with Crippen LogP contribution in [0.4, 0.5) is 0 Å². The molecule has 0 N–H and O–H groups in total. The molecule has 1 aliphatic carbocycles. The van der Waals surface area contributed by atoms with E-state index >= 15 is 0 Å². The quantitative estimate of drug-likeness (QED) is 0.169. The number of rotatable bonds is 3. The van der Waals surface area contributed by atoms with Crippen molar-refractivity contribution in [3.63, 3.8) is 0 Å². The Morgan fingerprint density at radius 3 is 1.92 bits per heavy atom. The minimum absolute atomic E-state index is 0.0575. The smallest absolute Gasteiger partial charge is 0.147 e. The Hall–Kier alpha value is -7.56. The van der Waals surface area contributed by atoms with Gasteiger partial charge in [0.2, 0.25) is 0 Å². The summed E-state index contributed by atoms with van der Waals surface area (Å²) in [5.74, 6) is 0. The minimum atomic E-state index is -0.0575. The summed E-state index contributed by atoms with van der Waals surface area (Å²) in [4.78, 5) is 10.3. The van der Waals surface area contributed by atoms with E-state index in [0.29, 0.717) is 0 Å². The van der Waals surface area contributed by atoms with Crippen molar-refractivity contribution in [1.29, 1.82) is 0 Å². The van der Waals surface area contributed by atoms with Gasteiger partial charge in [-0.1, -0.05) is 141 Å². The molecule has 0 saturated heterocycles. The number of hydrogen-bond donors (Lipinski definition) is 0. The standard InChI is InChI=1S/C55H34N2O2/c1-55(2)45-20-8-7-15-38(45)39-23-21-32(29-46(39)55)31-22-25-48-44(28-31)42-24-26-49-50(54(42)58-48)43-19-10-18-35(53(43)59-49)33-11-9-12-34(27-33)47-30-56-51-40-16-5-3-13-36(40)37-14-4-6-17-41(37)52(51)57-47/h3-30H,1-2H3. The normalized spacial score (nSPS) is 13.4. The van der Waals surface area contributed by atoms with Crippen LogP contribution in [-0.4, -0.2) is 9.97 Å². The Morgan fingerprint density at radius 1 is 0.407 bits per heavy atom. The van der Waals surface area contributed by atoms with Crippen LogP contribution in [0.3, 0.4) is 0 Å². The van der Waals surface area contributed by atoms with Gasteiger partial charge in [0, 0.05) is 43.5 Å². The van der Waals surface area contributed by atoms with Crippen LogP contribution in [0.25, 0.3) is 121 Å². The van der Waals surface area contributed by atoms with Gasteiger partial charge in [0.1, 0.15) is 22.3 Å². The molecule has 0 unspecified atom stereocenters. The average molecular weight is 755 g/mol. The molecule has 0 fully saturated rings. The lowest BCUT2D eigenvalue weighted by Crippen LogP contribution is -2.14. The van der Waals surface area contributed by atoms with Crippen molar-refractivity contribution in [2.75, 3.05) is 0 Å². The van der Waals surface area contributed by atoms with Gasteiger partial charge in [-0.15, -0.1) is 0 Å². The van der Waals surface area contributed by atoms with Gasteiger partial charge in [0.05, 0.1) is 28.3 Å². The monoisotopic (exact) mass is 754 g/mol. The summed E-state index contributed by atoms with van der Waals surface area (Å²) in [6, 6.07) is 58.4. The van der Waals surface area contributed by atoms with E-state index in [2.05, 4.69) is 178 Å². The zero-order chi connectivity index (χ0) is 39.0. The summed E-state index contributed by atoms with van der Waals surface area (Å²) >= 11 is 0. The van der Waals surface area contributed by atoms with Gasteiger partial charge in [-0.25, -0.2) is 4.98 Å². The maximum Gasteiger partial charge on any atom is 0.147 e. The van der Waals surface area contributed by atoms with Gasteiger partial charge in [-0.05, 0) is 86.1 Å². The van der Waals surface area contributed by atoms with E-state index < -0.39 is 0 Å². The molecule has 1 aliphatic rings. The van der Waals surface area contributed by atoms with E-state index in [4.69, 9.17) is 18.8 Å². The fraction of sp³-hybridized carbons (Fsp3) is 0.0545. The van der Waals surface area contributed by atoms with Crippen molar-refractivity contribution in [3.8, 4) is 44.6 Å². The first-order valence-electron chi connectivity index (χ1n) is 20.2. The molecule has 4 nitrogen and oxygen atoms in total. The van der Waals surface area contributed by atoms with Gasteiger partial charge < -0.3 is 8.83 Å². The SMILES string of the molecule is CC1(C)c2ccccc2-c2ccc(-c3ccc4oc5c(ccc6oc7c(-c8cccc(-c9cnc%10c%11ccccc%11c%11ccccc%11c%10n9)c8)cccc7c65)c4c3)cc21. The lowest BCUT2D eigenvalue weighted by atomic mass is 9.81. The van der Waals surface area contributed by atoms with E-state index in [9.17, 15) is 0 Å². The first-order valence-corrected chi connectivity index (χ1v) is 20.2. The third-order valence-electron chi connectivity index (χ3n) is 12.9. The topological polar surface area (TPSA) is 52.1 Å². The molecule has 0 amide bonds. The molecule has 59 heavy (non-hydrogen) atoms. The van der Waals surface area contributed by atoms with Crippen LogP contribution < -0.4 is 0 Å². The minimum Gasteiger partial charge on any atom is -0.455 e. The fourth-order valence-corrected chi connectivity index (χ4v) is 10.0. The van der Waals surface area contributed by atoms with Crippen molar-refractivity contribution in [2.24, 2.45) is 0 Å². The fourth-order valence-electron chi connectivity index (χ4n) is 10.0. The summed E-state index contributed by atoms with van der Waals surface area (Å²) in [5.41, 5.74) is 16.8. The highest BCUT2D eigenvalue weighted by Gasteiger charge is 2.35. The molecule has 9 aromatic carbocycles. The second-order valence-corrected chi connectivity index (χ2v) is 16.5. The molecule has 3 aromatic heterocycles. The molecule has 4 heteroatoms. The summed E-state index contributed by atoms with van der Waals surface area (Å²) < 4.78 is 13.4. The molecule has 3 heterocycles. The van der Waals surface area contributed by atoms with Gasteiger partial charge >= 0.3 is 0 Å². The lowest BCUT2D eigenvalue weighted by molar-refractivity contribution is 0.660. The van der Waals surface area contributed by atoms with E-state index in [1.54, 1.807) is 0 Å². The second kappa shape index (κ2) is 11.7. The van der Waals surface area contributed by atoms with Crippen molar-refractivity contribution in [2.45, 2.75) is 19.3 Å². The van der Waals surface area contributed by atoms with Gasteiger partial charge in [-0.3, -0.25) is 4.98 Å². The first-order chi connectivity index (χ1) is 29.0. The van der Waals surface area contributed by atoms with Crippen molar-refractivity contribution in [3.05, 3.63) is 181 Å². The Balaban J connectivity index is 0.920. The van der Waals surface area contributed by atoms with Crippen LogP contribution in [0.2, 0.25) is 0 Å². The number of nitrogens with zero attached hydrogens (tertiary/aromatic N) is 2. The molecule has 276 valence electrons. The Bertz CT molecular complexity index is 3740. The number of furan rings is 2. The van der Waals surface area contributed by atoms with Crippen molar-refractivity contribution >= 4 is 76.5 Å². The molecular formula is C55H34N2O2. The Kier molecular flexibility index (Phi) is 6.48. The largest absolute Gasteiger partial charge is 0.455 e. The van der Waals surface area contributed by atoms with Gasteiger partial charge in [0.15, 0.2) is 0 Å². The molecule has 0 bridgehead atoms. The molecular weight excluding hydrogens is 721 g/mol. The zero-order valence-electron chi connectivity index (χ0n) is 32.4. The molecule has 0 spiro atoms. The summed E-state index contributed by atoms with van der Waals surface area (Å²) in [5, 5.41) is 8.77. The molecule has 0 atom stereocenters. The summed E-state index contributed by atoms with van der Waals surface area (Å²) in [6.07, 6.45) is 1.90. The van der Waals surface area contributed by atoms with Crippen LogP contribution in [0, 0.1) is 0 Å². The van der Waals surface area contributed by atoms with E-state index in [0.717, 1.165) is 88.1 Å². The van der Waals surface area contributed by atoms with Crippen LogP contribution in [0.15, 0.2) is 179 Å². The van der Waals surface area contributed by atoms with Crippen molar-refractivity contribution in [1.82, 2.24) is 9.97 Å². The maximum absolute atomic E-state index is 6.73. The zero-order valence-corrected chi connectivity index (χ0v) is 32.4. The number of aromatic nitrogens is 2. The van der Waals surface area contributed by atoms with E-state index in [1.807, 2.05) is 6.20 Å². The predicted molar refractivity (Wildman–Crippen MR) is 243 cm³/mol. The highest BCUT2D eigenvalue weighted by Crippen LogP contribution is 2.50. The van der Waals surface area contributed by atoms with Crippen LogP contribution in [-0.2, 0) is 5.41 Å². The highest BCUT2D eigenvalue weighted by atomic mass is 16.3.